The van der Waals surface area contributed by atoms with E-state index in [9.17, 15) is 22.0 Å². The molecule has 33 heavy (non-hydrogen) atoms. The van der Waals surface area contributed by atoms with Crippen molar-refractivity contribution in [1.82, 2.24) is 0 Å². The molecule has 0 bridgehead atoms. The Balaban J connectivity index is 2.17. The Morgan fingerprint density at radius 1 is 0.636 bits per heavy atom. The van der Waals surface area contributed by atoms with E-state index in [-0.39, 0.29) is 6.61 Å². The molecule has 0 amide bonds. The summed E-state index contributed by atoms with van der Waals surface area (Å²) in [5.74, 6) is -4.98. The lowest BCUT2D eigenvalue weighted by molar-refractivity contribution is -0.291. The summed E-state index contributed by atoms with van der Waals surface area (Å²) in [7, 11) is -3.80. The van der Waals surface area contributed by atoms with E-state index in [4.69, 9.17) is 8.85 Å². The zero-order chi connectivity index (χ0) is 24.2. The second-order valence-corrected chi connectivity index (χ2v) is 11.1. The van der Waals surface area contributed by atoms with E-state index in [1.54, 1.807) is 60.7 Å². The Kier molecular flexibility index (Phi) is 11.0. The van der Waals surface area contributed by atoms with Gasteiger partial charge in [-0.3, -0.25) is 0 Å². The Morgan fingerprint density at radius 3 is 1.55 bits per heavy atom. The van der Waals surface area contributed by atoms with Crippen molar-refractivity contribution >= 4 is 18.9 Å². The van der Waals surface area contributed by atoms with E-state index in [0.29, 0.717) is 16.8 Å². The van der Waals surface area contributed by atoms with Crippen LogP contribution in [0.4, 0.5) is 22.0 Å². The van der Waals surface area contributed by atoms with Crippen molar-refractivity contribution < 1.29 is 30.8 Å². The first kappa shape index (κ1) is 27.5. The number of halogens is 5. The van der Waals surface area contributed by atoms with Gasteiger partial charge in [-0.1, -0.05) is 113 Å². The minimum atomic E-state index is -5.70. The molecular weight excluding hydrogens is 455 g/mol. The van der Waals surface area contributed by atoms with E-state index in [0.717, 1.165) is 19.3 Å². The van der Waals surface area contributed by atoms with Gasteiger partial charge in [-0.15, -0.1) is 0 Å². The molecule has 0 N–H and O–H groups in total. The maximum atomic E-state index is 13.8. The first-order valence-corrected chi connectivity index (χ1v) is 13.4. The molecular formula is C25H33F5O2Si. The molecule has 184 valence electrons. The van der Waals surface area contributed by atoms with Crippen molar-refractivity contribution in [2.24, 2.45) is 0 Å². The summed E-state index contributed by atoms with van der Waals surface area (Å²) in [6, 6.07) is 17.0. The van der Waals surface area contributed by atoms with Crippen molar-refractivity contribution in [3.05, 3.63) is 60.7 Å². The SMILES string of the molecule is CCCCCCCCCCO[Si](OCC(F)(F)C(F)(F)F)(c1ccccc1)c1ccccc1. The minimum absolute atomic E-state index is 0.225. The highest BCUT2D eigenvalue weighted by molar-refractivity contribution is 6.92. The molecule has 2 aromatic rings. The molecule has 0 aliphatic rings. The van der Waals surface area contributed by atoms with E-state index in [2.05, 4.69) is 6.92 Å². The molecule has 0 aromatic heterocycles. The van der Waals surface area contributed by atoms with Gasteiger partial charge in [0, 0.05) is 6.61 Å². The van der Waals surface area contributed by atoms with E-state index < -0.39 is 27.3 Å². The largest absolute Gasteiger partial charge is 0.455 e. The average Bonchev–Trinajstić information content (AvgIpc) is 2.80. The van der Waals surface area contributed by atoms with Gasteiger partial charge in [-0.2, -0.15) is 22.0 Å². The number of benzene rings is 2. The summed E-state index contributed by atoms with van der Waals surface area (Å²) < 4.78 is 77.9. The molecule has 0 atom stereocenters. The van der Waals surface area contributed by atoms with Gasteiger partial charge in [0.1, 0.15) is 6.61 Å². The molecule has 2 aromatic carbocycles. The number of unbranched alkanes of at least 4 members (excludes halogenated alkanes) is 7. The topological polar surface area (TPSA) is 18.5 Å². The van der Waals surface area contributed by atoms with Gasteiger partial charge in [-0.05, 0) is 16.8 Å². The fraction of sp³-hybridized carbons (Fsp3) is 0.520. The quantitative estimate of drug-likeness (QED) is 0.159. The summed E-state index contributed by atoms with van der Waals surface area (Å²) in [6.07, 6.45) is 2.85. The third-order valence-corrected chi connectivity index (χ3v) is 8.83. The molecule has 8 heteroatoms. The fourth-order valence-corrected chi connectivity index (χ4v) is 6.74. The number of rotatable bonds is 15. The lowest BCUT2D eigenvalue weighted by Crippen LogP contribution is -2.65. The minimum Gasteiger partial charge on any atom is -0.388 e. The molecule has 0 fully saturated rings. The van der Waals surface area contributed by atoms with Gasteiger partial charge in [0.25, 0.3) is 0 Å². The van der Waals surface area contributed by atoms with Crippen LogP contribution in [-0.2, 0) is 8.85 Å². The van der Waals surface area contributed by atoms with Gasteiger partial charge >= 0.3 is 20.7 Å². The lowest BCUT2D eigenvalue weighted by atomic mass is 10.1. The second-order valence-electron chi connectivity index (χ2n) is 8.16. The van der Waals surface area contributed by atoms with Crippen molar-refractivity contribution in [2.45, 2.75) is 70.4 Å². The van der Waals surface area contributed by atoms with E-state index in [1.165, 1.54) is 25.7 Å². The smallest absolute Gasteiger partial charge is 0.388 e. The maximum Gasteiger partial charge on any atom is 0.455 e. The van der Waals surface area contributed by atoms with Crippen LogP contribution in [0.1, 0.15) is 58.3 Å². The van der Waals surface area contributed by atoms with Gasteiger partial charge in [0.2, 0.25) is 0 Å². The number of hydrogen-bond acceptors (Lipinski definition) is 2. The molecule has 0 aliphatic carbocycles. The zero-order valence-corrected chi connectivity index (χ0v) is 20.1. The van der Waals surface area contributed by atoms with Crippen LogP contribution in [-0.4, -0.2) is 33.9 Å². The van der Waals surface area contributed by atoms with Gasteiger partial charge < -0.3 is 8.85 Å². The molecule has 0 heterocycles. The highest BCUT2D eigenvalue weighted by atomic mass is 28.4. The monoisotopic (exact) mass is 488 g/mol. The Hall–Kier alpha value is -1.77. The zero-order valence-electron chi connectivity index (χ0n) is 19.1. The van der Waals surface area contributed by atoms with Crippen LogP contribution in [0.15, 0.2) is 60.7 Å². The Labute approximate surface area is 194 Å². The van der Waals surface area contributed by atoms with Crippen LogP contribution in [0.25, 0.3) is 0 Å². The summed E-state index contributed by atoms with van der Waals surface area (Å²) >= 11 is 0. The molecule has 0 unspecified atom stereocenters. The van der Waals surface area contributed by atoms with Gasteiger partial charge in [-0.25, -0.2) is 0 Å². The van der Waals surface area contributed by atoms with Gasteiger partial charge in [0.15, 0.2) is 0 Å². The molecule has 0 saturated heterocycles. The van der Waals surface area contributed by atoms with Crippen LogP contribution in [0.2, 0.25) is 0 Å². The maximum absolute atomic E-state index is 13.8. The van der Waals surface area contributed by atoms with Crippen LogP contribution in [0.3, 0.4) is 0 Å². The third kappa shape index (κ3) is 8.19. The fourth-order valence-electron chi connectivity index (χ4n) is 3.58. The van der Waals surface area contributed by atoms with Crippen molar-refractivity contribution in [3.63, 3.8) is 0 Å². The summed E-state index contributed by atoms with van der Waals surface area (Å²) in [5.41, 5.74) is 0. The Bertz CT molecular complexity index is 745. The van der Waals surface area contributed by atoms with Crippen LogP contribution < -0.4 is 10.4 Å². The van der Waals surface area contributed by atoms with Gasteiger partial charge in [0.05, 0.1) is 0 Å². The predicted molar refractivity (Wildman–Crippen MR) is 123 cm³/mol. The van der Waals surface area contributed by atoms with Crippen LogP contribution in [0.5, 0.6) is 0 Å². The van der Waals surface area contributed by atoms with Crippen LogP contribution >= 0.6 is 0 Å². The highest BCUT2D eigenvalue weighted by Crippen LogP contribution is 2.36. The third-order valence-electron chi connectivity index (χ3n) is 5.48. The summed E-state index contributed by atoms with van der Waals surface area (Å²) in [4.78, 5) is 0. The standard InChI is InChI=1S/C25H33F5O2Si/c1-2-3-4-5-6-7-8-15-20-31-33(22-16-11-9-12-17-22,23-18-13-10-14-19-23)32-21-24(26,27)25(28,29)30/h9-14,16-19H,2-8,15,20-21H2,1H3. The van der Waals surface area contributed by atoms with Crippen molar-refractivity contribution in [1.29, 1.82) is 0 Å². The predicted octanol–water partition coefficient (Wildman–Crippen LogP) is 6.61. The first-order chi connectivity index (χ1) is 15.7. The highest BCUT2D eigenvalue weighted by Gasteiger charge is 2.59. The number of hydrogen-bond donors (Lipinski definition) is 0. The lowest BCUT2D eigenvalue weighted by Gasteiger charge is -2.33. The molecule has 0 radical (unpaired) electrons. The molecule has 0 saturated carbocycles. The van der Waals surface area contributed by atoms with Crippen molar-refractivity contribution in [2.75, 3.05) is 13.2 Å². The molecule has 0 aliphatic heterocycles. The first-order valence-electron chi connectivity index (χ1n) is 11.6. The normalized spacial score (nSPS) is 12.8. The van der Waals surface area contributed by atoms with E-state index in [1.807, 2.05) is 0 Å². The summed E-state index contributed by atoms with van der Waals surface area (Å²) in [6.45, 7) is 0.603. The molecule has 2 nitrogen and oxygen atoms in total. The second kappa shape index (κ2) is 13.2. The Morgan fingerprint density at radius 2 is 1.09 bits per heavy atom. The number of alkyl halides is 5. The average molecular weight is 489 g/mol. The molecule has 0 spiro atoms. The van der Waals surface area contributed by atoms with Crippen molar-refractivity contribution in [3.8, 4) is 0 Å². The summed E-state index contributed by atoms with van der Waals surface area (Å²) in [5, 5.41) is 0.988. The van der Waals surface area contributed by atoms with Crippen LogP contribution in [0, 0.1) is 0 Å². The van der Waals surface area contributed by atoms with E-state index >= 15 is 0 Å². The molecule has 2 rings (SSSR count).